The van der Waals surface area contributed by atoms with Crippen molar-refractivity contribution in [3.05, 3.63) is 58.9 Å². The third-order valence-electron chi connectivity index (χ3n) is 2.52. The predicted octanol–water partition coefficient (Wildman–Crippen LogP) is 2.14. The Morgan fingerprint density at radius 3 is 2.53 bits per heavy atom. The summed E-state index contributed by atoms with van der Waals surface area (Å²) in [6, 6.07) is 4.28. The maximum Gasteiger partial charge on any atom is 0.165 e. The highest BCUT2D eigenvalue weighted by Crippen LogP contribution is 2.26. The summed E-state index contributed by atoms with van der Waals surface area (Å²) in [5, 5.41) is 17.0. The van der Waals surface area contributed by atoms with Gasteiger partial charge in [-0.15, -0.1) is 0 Å². The Bertz CT molecular complexity index is 532. The van der Waals surface area contributed by atoms with Gasteiger partial charge in [-0.3, -0.25) is 0 Å². The molecule has 0 radical (unpaired) electrons. The van der Waals surface area contributed by atoms with Crippen molar-refractivity contribution in [1.82, 2.24) is 10.2 Å². The third-order valence-corrected chi connectivity index (χ3v) is 2.52. The van der Waals surface area contributed by atoms with Crippen molar-refractivity contribution in [3.8, 4) is 0 Å². The molecule has 1 heterocycles. The van der Waals surface area contributed by atoms with Gasteiger partial charge in [0, 0.05) is 17.3 Å². The van der Waals surface area contributed by atoms with Crippen LogP contribution in [-0.2, 0) is 0 Å². The Labute approximate surface area is 96.8 Å². The van der Waals surface area contributed by atoms with E-state index in [9.17, 15) is 13.9 Å². The van der Waals surface area contributed by atoms with E-state index in [0.717, 1.165) is 0 Å². The molecule has 1 atom stereocenters. The number of benzene rings is 1. The first kappa shape index (κ1) is 11.6. The van der Waals surface area contributed by atoms with Crippen molar-refractivity contribution in [2.45, 2.75) is 13.0 Å². The summed E-state index contributed by atoms with van der Waals surface area (Å²) in [5.41, 5.74) is 0.453. The summed E-state index contributed by atoms with van der Waals surface area (Å²) in [4.78, 5) is 0. The minimum absolute atomic E-state index is 0.110. The van der Waals surface area contributed by atoms with Crippen LogP contribution in [0.15, 0.2) is 30.6 Å². The van der Waals surface area contributed by atoms with Crippen LogP contribution in [0.1, 0.15) is 22.8 Å². The molecule has 1 aromatic heterocycles. The first-order chi connectivity index (χ1) is 8.11. The molecule has 3 nitrogen and oxygen atoms in total. The van der Waals surface area contributed by atoms with Gasteiger partial charge in [0.1, 0.15) is 6.10 Å². The maximum atomic E-state index is 13.6. The lowest BCUT2D eigenvalue weighted by Crippen LogP contribution is -2.06. The predicted molar refractivity (Wildman–Crippen MR) is 57.2 cm³/mol. The summed E-state index contributed by atoms with van der Waals surface area (Å²) in [7, 11) is 0. The molecule has 88 valence electrons. The molecule has 0 spiro atoms. The fourth-order valence-electron chi connectivity index (χ4n) is 1.51. The molecule has 0 saturated carbocycles. The van der Waals surface area contributed by atoms with Crippen molar-refractivity contribution in [2.24, 2.45) is 0 Å². The number of aliphatic hydroxyl groups is 1. The molecule has 0 fully saturated rings. The van der Waals surface area contributed by atoms with Crippen LogP contribution >= 0.6 is 0 Å². The Balaban J connectivity index is 2.45. The van der Waals surface area contributed by atoms with E-state index in [2.05, 4.69) is 10.2 Å². The van der Waals surface area contributed by atoms with Crippen LogP contribution in [0.3, 0.4) is 0 Å². The van der Waals surface area contributed by atoms with Gasteiger partial charge < -0.3 is 5.11 Å². The summed E-state index contributed by atoms with van der Waals surface area (Å²) in [5.74, 6) is -1.97. The van der Waals surface area contributed by atoms with Gasteiger partial charge in [0.05, 0.1) is 6.20 Å². The first-order valence-electron chi connectivity index (χ1n) is 5.00. The summed E-state index contributed by atoms with van der Waals surface area (Å²) in [6.45, 7) is 1.46. The molecule has 1 unspecified atom stereocenters. The minimum Gasteiger partial charge on any atom is -0.383 e. The molecular weight excluding hydrogens is 226 g/mol. The van der Waals surface area contributed by atoms with E-state index < -0.39 is 17.7 Å². The van der Waals surface area contributed by atoms with E-state index in [-0.39, 0.29) is 11.1 Å². The summed E-state index contributed by atoms with van der Waals surface area (Å²) >= 11 is 0. The Morgan fingerprint density at radius 2 is 1.88 bits per heavy atom. The second kappa shape index (κ2) is 4.55. The van der Waals surface area contributed by atoms with E-state index in [1.807, 2.05) is 0 Å². The fraction of sp³-hybridized carbons (Fsp3) is 0.167. The van der Waals surface area contributed by atoms with Crippen molar-refractivity contribution in [2.75, 3.05) is 0 Å². The molecule has 0 amide bonds. The van der Waals surface area contributed by atoms with E-state index in [4.69, 9.17) is 0 Å². The lowest BCUT2D eigenvalue weighted by Gasteiger charge is -2.12. The second-order valence-corrected chi connectivity index (χ2v) is 3.68. The topological polar surface area (TPSA) is 46.0 Å². The van der Waals surface area contributed by atoms with Gasteiger partial charge in [0.15, 0.2) is 11.6 Å². The quantitative estimate of drug-likeness (QED) is 0.868. The van der Waals surface area contributed by atoms with Crippen LogP contribution in [0.5, 0.6) is 0 Å². The van der Waals surface area contributed by atoms with E-state index in [1.54, 1.807) is 0 Å². The first-order valence-corrected chi connectivity index (χ1v) is 5.00. The van der Waals surface area contributed by atoms with Gasteiger partial charge in [-0.05, 0) is 18.6 Å². The highest BCUT2D eigenvalue weighted by molar-refractivity contribution is 5.32. The number of aliphatic hydroxyl groups excluding tert-OH is 1. The zero-order valence-electron chi connectivity index (χ0n) is 9.06. The number of hydrogen-bond acceptors (Lipinski definition) is 3. The number of hydrogen-bond donors (Lipinski definition) is 1. The van der Waals surface area contributed by atoms with Crippen molar-refractivity contribution < 1.29 is 13.9 Å². The highest BCUT2D eigenvalue weighted by Gasteiger charge is 2.19. The molecule has 17 heavy (non-hydrogen) atoms. The number of aromatic nitrogens is 2. The normalized spacial score (nSPS) is 12.5. The molecule has 0 aliphatic carbocycles. The molecule has 0 aliphatic heterocycles. The van der Waals surface area contributed by atoms with Gasteiger partial charge in [0.2, 0.25) is 0 Å². The van der Waals surface area contributed by atoms with Crippen LogP contribution in [-0.4, -0.2) is 15.3 Å². The van der Waals surface area contributed by atoms with Crippen LogP contribution in [0.4, 0.5) is 8.78 Å². The van der Waals surface area contributed by atoms with Crippen molar-refractivity contribution in [1.29, 1.82) is 0 Å². The highest BCUT2D eigenvalue weighted by atomic mass is 19.2. The summed E-state index contributed by atoms with van der Waals surface area (Å²) < 4.78 is 27.0. The van der Waals surface area contributed by atoms with E-state index >= 15 is 0 Å². The Kier molecular flexibility index (Phi) is 3.10. The van der Waals surface area contributed by atoms with E-state index in [1.165, 1.54) is 37.5 Å². The van der Waals surface area contributed by atoms with Gasteiger partial charge in [-0.1, -0.05) is 12.1 Å². The average molecular weight is 236 g/mol. The standard InChI is InChI=1S/C12H10F2N2O/c1-7-2-3-9(11(14)10(7)13)12(17)8-4-5-15-16-6-8/h2-6,12,17H,1H3. The van der Waals surface area contributed by atoms with Crippen molar-refractivity contribution >= 4 is 0 Å². The smallest absolute Gasteiger partial charge is 0.165 e. The lowest BCUT2D eigenvalue weighted by atomic mass is 10.0. The van der Waals surface area contributed by atoms with Gasteiger partial charge >= 0.3 is 0 Å². The molecular formula is C12H10F2N2O. The van der Waals surface area contributed by atoms with Gasteiger partial charge in [-0.25, -0.2) is 8.78 Å². The molecule has 2 rings (SSSR count). The molecule has 0 saturated heterocycles. The van der Waals surface area contributed by atoms with Crippen LogP contribution in [0, 0.1) is 18.6 Å². The Morgan fingerprint density at radius 1 is 1.12 bits per heavy atom. The second-order valence-electron chi connectivity index (χ2n) is 3.68. The molecule has 0 bridgehead atoms. The zero-order valence-corrected chi connectivity index (χ0v) is 9.06. The number of halogens is 2. The monoisotopic (exact) mass is 236 g/mol. The number of rotatable bonds is 2. The van der Waals surface area contributed by atoms with Crippen LogP contribution in [0.2, 0.25) is 0 Å². The lowest BCUT2D eigenvalue weighted by molar-refractivity contribution is 0.212. The Hall–Kier alpha value is -1.88. The number of nitrogens with zero attached hydrogens (tertiary/aromatic N) is 2. The largest absolute Gasteiger partial charge is 0.383 e. The van der Waals surface area contributed by atoms with Crippen LogP contribution < -0.4 is 0 Å². The fourth-order valence-corrected chi connectivity index (χ4v) is 1.51. The third kappa shape index (κ3) is 2.14. The zero-order chi connectivity index (χ0) is 12.4. The van der Waals surface area contributed by atoms with Gasteiger partial charge in [0.25, 0.3) is 0 Å². The molecule has 1 aromatic carbocycles. The van der Waals surface area contributed by atoms with Crippen LogP contribution in [0.25, 0.3) is 0 Å². The average Bonchev–Trinajstić information content (AvgIpc) is 2.36. The van der Waals surface area contributed by atoms with Gasteiger partial charge in [-0.2, -0.15) is 10.2 Å². The molecule has 2 aromatic rings. The van der Waals surface area contributed by atoms with E-state index in [0.29, 0.717) is 5.56 Å². The molecule has 0 aliphatic rings. The minimum atomic E-state index is -1.25. The van der Waals surface area contributed by atoms with Crippen molar-refractivity contribution in [3.63, 3.8) is 0 Å². The molecule has 5 heteroatoms. The summed E-state index contributed by atoms with van der Waals surface area (Å²) in [6.07, 6.45) is 1.43. The maximum absolute atomic E-state index is 13.6. The molecule has 1 N–H and O–H groups in total. The SMILES string of the molecule is Cc1ccc(C(O)c2ccnnc2)c(F)c1F. The number of aryl methyl sites for hydroxylation is 1.